The Morgan fingerprint density at radius 1 is 1.04 bits per heavy atom. The Bertz CT molecular complexity index is 809. The maximum absolute atomic E-state index is 12.4. The van der Waals surface area contributed by atoms with Crippen LogP contribution < -0.4 is 11.1 Å². The highest BCUT2D eigenvalue weighted by Gasteiger charge is 2.14. The number of hydrogen-bond donors (Lipinski definition) is 2. The Kier molecular flexibility index (Phi) is 8.78. The molecule has 7 heteroatoms. The number of halogens is 1. The van der Waals surface area contributed by atoms with Crippen LogP contribution in [0.1, 0.15) is 30.9 Å². The van der Waals surface area contributed by atoms with E-state index in [4.69, 9.17) is 5.73 Å². The van der Waals surface area contributed by atoms with Crippen molar-refractivity contribution in [3.8, 4) is 0 Å². The minimum atomic E-state index is -3.28. The van der Waals surface area contributed by atoms with Crippen LogP contribution in [0.15, 0.2) is 54.6 Å². The summed E-state index contributed by atoms with van der Waals surface area (Å²) >= 11 is 0. The van der Waals surface area contributed by atoms with Gasteiger partial charge in [-0.3, -0.25) is 4.79 Å². The Morgan fingerprint density at radius 3 is 2.31 bits per heavy atom. The number of anilines is 1. The number of hydrogen-bond acceptors (Lipinski definition) is 4. The van der Waals surface area contributed by atoms with Crippen LogP contribution in [0.5, 0.6) is 0 Å². The van der Waals surface area contributed by atoms with Crippen molar-refractivity contribution in [1.82, 2.24) is 0 Å². The van der Waals surface area contributed by atoms with Gasteiger partial charge in [0.2, 0.25) is 5.91 Å². The minimum Gasteiger partial charge on any atom is -0.328 e. The third-order valence-corrected chi connectivity index (χ3v) is 5.20. The zero-order valence-corrected chi connectivity index (χ0v) is 16.4. The fraction of sp³-hybridized carbons (Fsp3) is 0.316. The van der Waals surface area contributed by atoms with Crippen molar-refractivity contribution >= 4 is 33.8 Å². The van der Waals surface area contributed by atoms with Gasteiger partial charge in [0.25, 0.3) is 0 Å². The molecule has 2 aromatic rings. The van der Waals surface area contributed by atoms with Gasteiger partial charge in [-0.05, 0) is 36.6 Å². The third-order valence-electron chi connectivity index (χ3n) is 3.65. The molecule has 0 saturated carbocycles. The van der Waals surface area contributed by atoms with Gasteiger partial charge in [-0.15, -0.1) is 12.4 Å². The lowest BCUT2D eigenvalue weighted by molar-refractivity contribution is -0.116. The topological polar surface area (TPSA) is 89.3 Å². The van der Waals surface area contributed by atoms with E-state index in [1.807, 2.05) is 25.1 Å². The molecule has 26 heavy (non-hydrogen) atoms. The smallest absolute Gasteiger partial charge is 0.224 e. The second-order valence-electron chi connectivity index (χ2n) is 6.28. The number of rotatable bonds is 8. The summed E-state index contributed by atoms with van der Waals surface area (Å²) in [5.41, 5.74) is 7.66. The number of nitrogens with one attached hydrogen (secondary N) is 1. The summed E-state index contributed by atoms with van der Waals surface area (Å²) < 4.78 is 24.8. The molecule has 0 fully saturated rings. The van der Waals surface area contributed by atoms with Gasteiger partial charge in [-0.25, -0.2) is 8.42 Å². The lowest BCUT2D eigenvalue weighted by Gasteiger charge is -2.09. The molecule has 0 aromatic heterocycles. The van der Waals surface area contributed by atoms with E-state index < -0.39 is 9.84 Å². The molecule has 1 atom stereocenters. The van der Waals surface area contributed by atoms with E-state index in [0.717, 1.165) is 5.56 Å². The molecule has 1 unspecified atom stereocenters. The molecule has 0 bridgehead atoms. The minimum absolute atomic E-state index is 0. The zero-order valence-electron chi connectivity index (χ0n) is 14.7. The highest BCUT2D eigenvalue weighted by Crippen LogP contribution is 2.16. The molecule has 0 radical (unpaired) electrons. The Morgan fingerprint density at radius 2 is 1.65 bits per heavy atom. The summed E-state index contributed by atoms with van der Waals surface area (Å²) in [6, 6.07) is 16.0. The molecule has 0 aliphatic heterocycles. The van der Waals surface area contributed by atoms with Crippen molar-refractivity contribution in [1.29, 1.82) is 0 Å². The lowest BCUT2D eigenvalue weighted by atomic mass is 10.2. The van der Waals surface area contributed by atoms with E-state index in [0.29, 0.717) is 24.1 Å². The predicted molar refractivity (Wildman–Crippen MR) is 108 cm³/mol. The molecule has 142 valence electrons. The van der Waals surface area contributed by atoms with Crippen LogP contribution in [0.2, 0.25) is 0 Å². The molecule has 0 saturated heterocycles. The van der Waals surface area contributed by atoms with Crippen molar-refractivity contribution in [2.45, 2.75) is 37.3 Å². The van der Waals surface area contributed by atoms with Crippen molar-refractivity contribution in [2.75, 3.05) is 5.32 Å². The fourth-order valence-electron chi connectivity index (χ4n) is 2.45. The van der Waals surface area contributed by atoms with Crippen LogP contribution >= 0.6 is 12.4 Å². The summed E-state index contributed by atoms with van der Waals surface area (Å²) in [6.45, 7) is 1.85. The average Bonchev–Trinajstić information content (AvgIpc) is 2.53. The van der Waals surface area contributed by atoms with Crippen molar-refractivity contribution < 1.29 is 13.2 Å². The molecule has 2 aromatic carbocycles. The van der Waals surface area contributed by atoms with Gasteiger partial charge in [0, 0.05) is 18.2 Å². The van der Waals surface area contributed by atoms with E-state index in [2.05, 4.69) is 5.32 Å². The molecule has 2 rings (SSSR count). The first-order valence-electron chi connectivity index (χ1n) is 8.23. The molecular weight excluding hydrogens is 372 g/mol. The van der Waals surface area contributed by atoms with E-state index in [1.165, 1.54) is 0 Å². The second-order valence-corrected chi connectivity index (χ2v) is 8.35. The molecule has 0 spiro atoms. The van der Waals surface area contributed by atoms with Crippen molar-refractivity contribution in [3.05, 3.63) is 65.7 Å². The number of benzene rings is 2. The highest BCUT2D eigenvalue weighted by atomic mass is 35.5. The summed E-state index contributed by atoms with van der Waals surface area (Å²) in [5.74, 6) is -0.189. The maximum atomic E-state index is 12.4. The summed E-state index contributed by atoms with van der Waals surface area (Å²) in [7, 11) is -3.28. The molecule has 5 nitrogen and oxygen atoms in total. The second kappa shape index (κ2) is 10.3. The first-order chi connectivity index (χ1) is 11.8. The largest absolute Gasteiger partial charge is 0.328 e. The molecular formula is C19H25ClN2O3S. The fourth-order valence-corrected chi connectivity index (χ4v) is 3.94. The number of amides is 1. The van der Waals surface area contributed by atoms with E-state index >= 15 is 0 Å². The molecule has 0 aliphatic carbocycles. The van der Waals surface area contributed by atoms with Gasteiger partial charge >= 0.3 is 0 Å². The van der Waals surface area contributed by atoms with Gasteiger partial charge in [0.05, 0.1) is 11.5 Å². The lowest BCUT2D eigenvalue weighted by Crippen LogP contribution is -2.19. The van der Waals surface area contributed by atoms with Crippen LogP contribution in [-0.2, 0) is 26.1 Å². The Hall–Kier alpha value is -1.89. The monoisotopic (exact) mass is 396 g/mol. The molecule has 0 heterocycles. The van der Waals surface area contributed by atoms with Gasteiger partial charge in [0.15, 0.2) is 9.84 Å². The van der Waals surface area contributed by atoms with Gasteiger partial charge in [-0.1, -0.05) is 42.5 Å². The SMILES string of the molecule is CC(N)CCC(=O)Nc1cccc(CS(=O)(=O)Cc2ccccc2)c1.Cl. The van der Waals surface area contributed by atoms with Gasteiger partial charge in [-0.2, -0.15) is 0 Å². The first-order valence-corrected chi connectivity index (χ1v) is 10.0. The number of sulfone groups is 1. The number of carbonyl (C=O) groups excluding carboxylic acids is 1. The number of nitrogens with two attached hydrogens (primary N) is 1. The van der Waals surface area contributed by atoms with Crippen LogP contribution in [0.25, 0.3) is 0 Å². The number of carbonyl (C=O) groups is 1. The Labute approximate surface area is 161 Å². The van der Waals surface area contributed by atoms with E-state index in [9.17, 15) is 13.2 Å². The quantitative estimate of drug-likeness (QED) is 0.716. The van der Waals surface area contributed by atoms with Crippen LogP contribution in [0.4, 0.5) is 5.69 Å². The van der Waals surface area contributed by atoms with Crippen LogP contribution in [-0.4, -0.2) is 20.4 Å². The van der Waals surface area contributed by atoms with Crippen LogP contribution in [0, 0.1) is 0 Å². The van der Waals surface area contributed by atoms with Gasteiger partial charge in [0.1, 0.15) is 0 Å². The summed E-state index contributed by atoms with van der Waals surface area (Å²) in [5, 5.41) is 2.78. The predicted octanol–water partition coefficient (Wildman–Crippen LogP) is 3.29. The molecule has 1 amide bonds. The molecule has 0 aliphatic rings. The highest BCUT2D eigenvalue weighted by molar-refractivity contribution is 7.89. The first kappa shape index (κ1) is 22.2. The zero-order chi connectivity index (χ0) is 18.3. The average molecular weight is 397 g/mol. The Balaban J connectivity index is 0.00000338. The van der Waals surface area contributed by atoms with Crippen LogP contribution in [0.3, 0.4) is 0 Å². The standard InChI is InChI=1S/C19H24N2O3S.ClH/c1-15(20)10-11-19(22)21-18-9-5-8-17(12-18)14-25(23,24)13-16-6-3-2-4-7-16;/h2-9,12,15H,10-11,13-14,20H2,1H3,(H,21,22);1H. The maximum Gasteiger partial charge on any atom is 0.224 e. The molecule has 3 N–H and O–H groups in total. The summed E-state index contributed by atoms with van der Waals surface area (Å²) in [4.78, 5) is 11.9. The van der Waals surface area contributed by atoms with E-state index in [1.54, 1.807) is 36.4 Å². The van der Waals surface area contributed by atoms with E-state index in [-0.39, 0.29) is 35.9 Å². The van der Waals surface area contributed by atoms with Gasteiger partial charge < -0.3 is 11.1 Å². The van der Waals surface area contributed by atoms with Crippen molar-refractivity contribution in [2.24, 2.45) is 5.73 Å². The normalized spacial score (nSPS) is 12.1. The summed E-state index contributed by atoms with van der Waals surface area (Å²) in [6.07, 6.45) is 0.950. The van der Waals surface area contributed by atoms with Crippen molar-refractivity contribution in [3.63, 3.8) is 0 Å². The third kappa shape index (κ3) is 7.99.